The molecule has 5 nitrogen and oxygen atoms in total. The lowest BCUT2D eigenvalue weighted by molar-refractivity contribution is -0.117. The van der Waals surface area contributed by atoms with Gasteiger partial charge in [-0.25, -0.2) is 0 Å². The quantitative estimate of drug-likeness (QED) is 0.813. The van der Waals surface area contributed by atoms with Gasteiger partial charge in [-0.1, -0.05) is 25.1 Å². The predicted molar refractivity (Wildman–Crippen MR) is 94.7 cm³/mol. The summed E-state index contributed by atoms with van der Waals surface area (Å²) in [5.74, 6) is 2.10. The molecule has 2 aromatic heterocycles. The van der Waals surface area contributed by atoms with Crippen LogP contribution in [0.25, 0.3) is 10.7 Å². The van der Waals surface area contributed by atoms with Crippen molar-refractivity contribution in [3.8, 4) is 10.7 Å². The van der Waals surface area contributed by atoms with Crippen molar-refractivity contribution in [3.05, 3.63) is 16.5 Å². The fourth-order valence-electron chi connectivity index (χ4n) is 2.96. The second kappa shape index (κ2) is 7.05. The van der Waals surface area contributed by atoms with Crippen molar-refractivity contribution in [3.63, 3.8) is 0 Å². The second-order valence-corrected chi connectivity index (χ2v) is 8.20. The molecule has 0 bridgehead atoms. The van der Waals surface area contributed by atoms with E-state index in [1.54, 1.807) is 0 Å². The zero-order chi connectivity index (χ0) is 16.4. The van der Waals surface area contributed by atoms with Crippen LogP contribution in [0.3, 0.4) is 0 Å². The predicted octanol–water partition coefficient (Wildman–Crippen LogP) is 3.03. The number of nitrogens with zero attached hydrogens (tertiary/aromatic N) is 3. The van der Waals surface area contributed by atoms with Gasteiger partial charge in [0.2, 0.25) is 5.91 Å². The standard InChI is InChI=1S/C16H22N4OS2/c1-3-10-4-5-12-11(8-10)9-13(23-12)15-18-19-16(20(15)2)22-7-6-14(17)21/h9-10H,3-8H2,1-2H3,(H2,17,21). The van der Waals surface area contributed by atoms with Crippen LogP contribution in [0.4, 0.5) is 0 Å². The van der Waals surface area contributed by atoms with Gasteiger partial charge in [0.25, 0.3) is 0 Å². The van der Waals surface area contributed by atoms with Gasteiger partial charge < -0.3 is 10.3 Å². The largest absolute Gasteiger partial charge is 0.370 e. The molecule has 0 saturated carbocycles. The lowest BCUT2D eigenvalue weighted by atomic mass is 9.87. The van der Waals surface area contributed by atoms with E-state index >= 15 is 0 Å². The molecule has 1 aliphatic carbocycles. The number of hydrogen-bond donors (Lipinski definition) is 1. The third kappa shape index (κ3) is 3.61. The molecule has 7 heteroatoms. The highest BCUT2D eigenvalue weighted by Crippen LogP contribution is 2.37. The van der Waals surface area contributed by atoms with E-state index in [2.05, 4.69) is 23.2 Å². The number of nitrogens with two attached hydrogens (primary N) is 1. The SMILES string of the molecule is CCC1CCc2sc(-c3nnc(SCCC(N)=O)n3C)cc2C1. The van der Waals surface area contributed by atoms with Crippen LogP contribution in [-0.4, -0.2) is 26.4 Å². The van der Waals surface area contributed by atoms with Crippen molar-refractivity contribution in [2.75, 3.05) is 5.75 Å². The van der Waals surface area contributed by atoms with Gasteiger partial charge in [-0.2, -0.15) is 0 Å². The lowest BCUT2D eigenvalue weighted by Gasteiger charge is -2.19. The first kappa shape index (κ1) is 16.5. The normalized spacial score (nSPS) is 17.2. The maximum atomic E-state index is 10.8. The van der Waals surface area contributed by atoms with Gasteiger partial charge in [0.05, 0.1) is 4.88 Å². The van der Waals surface area contributed by atoms with Gasteiger partial charge in [0, 0.05) is 24.1 Å². The van der Waals surface area contributed by atoms with Crippen molar-refractivity contribution in [1.29, 1.82) is 0 Å². The third-order valence-corrected chi connectivity index (χ3v) is 6.65. The number of thiophene rings is 1. The van der Waals surface area contributed by atoms with Crippen molar-refractivity contribution in [2.45, 2.75) is 44.2 Å². The fourth-order valence-corrected chi connectivity index (χ4v) is 5.05. The first-order chi connectivity index (χ1) is 11.1. The highest BCUT2D eigenvalue weighted by molar-refractivity contribution is 7.99. The molecule has 0 saturated heterocycles. The summed E-state index contributed by atoms with van der Waals surface area (Å²) in [6.45, 7) is 2.28. The molecule has 0 aromatic carbocycles. The highest BCUT2D eigenvalue weighted by atomic mass is 32.2. The first-order valence-electron chi connectivity index (χ1n) is 8.01. The number of hydrogen-bond acceptors (Lipinski definition) is 5. The zero-order valence-electron chi connectivity index (χ0n) is 13.5. The lowest BCUT2D eigenvalue weighted by Crippen LogP contribution is -2.11. The fraction of sp³-hybridized carbons (Fsp3) is 0.562. The zero-order valence-corrected chi connectivity index (χ0v) is 15.2. The molecule has 1 atom stereocenters. The highest BCUT2D eigenvalue weighted by Gasteiger charge is 2.22. The molecule has 23 heavy (non-hydrogen) atoms. The van der Waals surface area contributed by atoms with E-state index in [9.17, 15) is 4.79 Å². The molecule has 124 valence electrons. The molecular formula is C16H22N4OS2. The van der Waals surface area contributed by atoms with Gasteiger partial charge in [-0.3, -0.25) is 4.79 Å². The Hall–Kier alpha value is -1.34. The molecule has 1 amide bonds. The van der Waals surface area contributed by atoms with Gasteiger partial charge in [-0.15, -0.1) is 21.5 Å². The average Bonchev–Trinajstić information content (AvgIpc) is 3.10. The monoisotopic (exact) mass is 350 g/mol. The molecule has 1 aliphatic rings. The number of carbonyl (C=O) groups is 1. The molecule has 0 aliphatic heterocycles. The number of fused-ring (bicyclic) bond motifs is 1. The van der Waals surface area contributed by atoms with Crippen molar-refractivity contribution < 1.29 is 4.79 Å². The minimum absolute atomic E-state index is 0.281. The second-order valence-electron chi connectivity index (χ2n) is 6.01. The van der Waals surface area contributed by atoms with E-state index in [0.29, 0.717) is 12.2 Å². The molecular weight excluding hydrogens is 328 g/mol. The Morgan fingerprint density at radius 3 is 3.09 bits per heavy atom. The van der Waals surface area contributed by atoms with Crippen molar-refractivity contribution >= 4 is 29.0 Å². The molecule has 2 heterocycles. The first-order valence-corrected chi connectivity index (χ1v) is 9.81. The number of aromatic nitrogens is 3. The van der Waals surface area contributed by atoms with Crippen LogP contribution in [0.1, 0.15) is 36.6 Å². The summed E-state index contributed by atoms with van der Waals surface area (Å²) in [6, 6.07) is 2.30. The summed E-state index contributed by atoms with van der Waals surface area (Å²) in [5, 5.41) is 9.44. The molecule has 2 aromatic rings. The van der Waals surface area contributed by atoms with Crippen LogP contribution < -0.4 is 5.73 Å². The Kier molecular flexibility index (Phi) is 5.06. The molecule has 3 rings (SSSR count). The van der Waals surface area contributed by atoms with E-state index in [-0.39, 0.29) is 5.91 Å². The number of rotatable bonds is 6. The van der Waals surface area contributed by atoms with Gasteiger partial charge in [0.15, 0.2) is 11.0 Å². The maximum absolute atomic E-state index is 10.8. The molecule has 0 spiro atoms. The van der Waals surface area contributed by atoms with E-state index in [1.807, 2.05) is 23.0 Å². The summed E-state index contributed by atoms with van der Waals surface area (Å²) in [4.78, 5) is 13.5. The van der Waals surface area contributed by atoms with Crippen molar-refractivity contribution in [1.82, 2.24) is 14.8 Å². The van der Waals surface area contributed by atoms with Crippen molar-refractivity contribution in [2.24, 2.45) is 18.7 Å². The number of carbonyl (C=O) groups excluding carboxylic acids is 1. The Bertz CT molecular complexity index is 707. The smallest absolute Gasteiger partial charge is 0.218 e. The van der Waals surface area contributed by atoms with Crippen LogP contribution in [0.15, 0.2) is 11.2 Å². The van der Waals surface area contributed by atoms with Gasteiger partial charge >= 0.3 is 0 Å². The molecule has 2 N–H and O–H groups in total. The minimum atomic E-state index is -0.281. The Morgan fingerprint density at radius 2 is 2.35 bits per heavy atom. The Labute approximate surface area is 144 Å². The maximum Gasteiger partial charge on any atom is 0.218 e. The van der Waals surface area contributed by atoms with Gasteiger partial charge in [-0.05, 0) is 36.8 Å². The van der Waals surface area contributed by atoms with E-state index < -0.39 is 0 Å². The van der Waals surface area contributed by atoms with Gasteiger partial charge in [0.1, 0.15) is 0 Å². The Morgan fingerprint density at radius 1 is 1.52 bits per heavy atom. The summed E-state index contributed by atoms with van der Waals surface area (Å²) in [7, 11) is 1.98. The Balaban J connectivity index is 1.76. The number of aryl methyl sites for hydroxylation is 1. The number of thioether (sulfide) groups is 1. The number of amides is 1. The topological polar surface area (TPSA) is 73.8 Å². The summed E-state index contributed by atoms with van der Waals surface area (Å²) in [5.41, 5.74) is 6.67. The minimum Gasteiger partial charge on any atom is -0.370 e. The molecule has 0 fully saturated rings. The third-order valence-electron chi connectivity index (χ3n) is 4.40. The summed E-state index contributed by atoms with van der Waals surface area (Å²) < 4.78 is 2.01. The summed E-state index contributed by atoms with van der Waals surface area (Å²) in [6.07, 6.45) is 5.31. The van der Waals surface area contributed by atoms with E-state index in [0.717, 1.165) is 16.9 Å². The number of primary amides is 1. The van der Waals surface area contributed by atoms with Crippen LogP contribution in [-0.2, 0) is 24.7 Å². The van der Waals surface area contributed by atoms with Crippen LogP contribution in [0, 0.1) is 5.92 Å². The molecule has 0 radical (unpaired) electrons. The van der Waals surface area contributed by atoms with E-state index in [4.69, 9.17) is 5.73 Å². The van der Waals surface area contributed by atoms with E-state index in [1.165, 1.54) is 52.8 Å². The van der Waals surface area contributed by atoms with Crippen LogP contribution in [0.2, 0.25) is 0 Å². The summed E-state index contributed by atoms with van der Waals surface area (Å²) >= 11 is 3.37. The van der Waals surface area contributed by atoms with Crippen LogP contribution in [0.5, 0.6) is 0 Å². The molecule has 1 unspecified atom stereocenters. The van der Waals surface area contributed by atoms with Crippen LogP contribution >= 0.6 is 23.1 Å². The average molecular weight is 351 g/mol.